The number of benzene rings is 1. The highest BCUT2D eigenvalue weighted by molar-refractivity contribution is 9.10. The van der Waals surface area contributed by atoms with Crippen LogP contribution in [0.4, 0.5) is 0 Å². The number of halogens is 2. The van der Waals surface area contributed by atoms with Gasteiger partial charge in [0.05, 0.1) is 11.1 Å². The van der Waals surface area contributed by atoms with Crippen LogP contribution in [0.25, 0.3) is 10.9 Å². The summed E-state index contributed by atoms with van der Waals surface area (Å²) in [6.07, 6.45) is 1.66. The maximum Gasteiger partial charge on any atom is 0.101 e. The Morgan fingerprint density at radius 2 is 2.14 bits per heavy atom. The van der Waals surface area contributed by atoms with Crippen LogP contribution in [0.2, 0.25) is 5.02 Å². The molecule has 0 N–H and O–H groups in total. The Morgan fingerprint density at radius 1 is 1.36 bits per heavy atom. The second-order valence-electron chi connectivity index (χ2n) is 2.79. The van der Waals surface area contributed by atoms with Gasteiger partial charge in [-0.05, 0) is 34.1 Å². The van der Waals surface area contributed by atoms with Gasteiger partial charge >= 0.3 is 0 Å². The second-order valence-corrected chi connectivity index (χ2v) is 4.14. The minimum Gasteiger partial charge on any atom is -0.254 e. The molecule has 2 nitrogen and oxygen atoms in total. The van der Waals surface area contributed by atoms with Crippen molar-refractivity contribution < 1.29 is 0 Å². The van der Waals surface area contributed by atoms with Gasteiger partial charge in [0, 0.05) is 21.1 Å². The van der Waals surface area contributed by atoms with E-state index < -0.39 is 0 Å². The van der Waals surface area contributed by atoms with Gasteiger partial charge in [-0.15, -0.1) is 0 Å². The standard InChI is InChI=1S/C10H4BrClN2/c11-8-1-6-2-9(12)3-7(4-13)10(6)14-5-8/h1-3,5H. The molecule has 1 aromatic carbocycles. The normalized spacial score (nSPS) is 10.1. The third-order valence-electron chi connectivity index (χ3n) is 1.83. The van der Waals surface area contributed by atoms with Crippen molar-refractivity contribution in [1.82, 2.24) is 4.98 Å². The Hall–Kier alpha value is -1.11. The molecule has 0 aliphatic heterocycles. The van der Waals surface area contributed by atoms with Crippen LogP contribution in [0.5, 0.6) is 0 Å². The van der Waals surface area contributed by atoms with Crippen molar-refractivity contribution in [1.29, 1.82) is 5.26 Å². The minimum atomic E-state index is 0.500. The van der Waals surface area contributed by atoms with Crippen molar-refractivity contribution in [2.24, 2.45) is 0 Å². The molecule has 4 heteroatoms. The molecular weight excluding hydrogens is 263 g/mol. The van der Waals surface area contributed by atoms with Gasteiger partial charge in [-0.25, -0.2) is 0 Å². The highest BCUT2D eigenvalue weighted by atomic mass is 79.9. The molecule has 68 valence electrons. The van der Waals surface area contributed by atoms with Crippen LogP contribution >= 0.6 is 27.5 Å². The van der Waals surface area contributed by atoms with Crippen LogP contribution in [0.3, 0.4) is 0 Å². The summed E-state index contributed by atoms with van der Waals surface area (Å²) in [5, 5.41) is 10.3. The molecule has 0 amide bonds. The maximum absolute atomic E-state index is 8.87. The zero-order chi connectivity index (χ0) is 10.1. The molecule has 0 aliphatic rings. The number of aromatic nitrogens is 1. The van der Waals surface area contributed by atoms with Gasteiger partial charge in [-0.3, -0.25) is 4.98 Å². The summed E-state index contributed by atoms with van der Waals surface area (Å²) in [5.41, 5.74) is 1.18. The van der Waals surface area contributed by atoms with E-state index in [2.05, 4.69) is 27.0 Å². The lowest BCUT2D eigenvalue weighted by molar-refractivity contribution is 1.37. The first-order chi connectivity index (χ1) is 6.70. The SMILES string of the molecule is N#Cc1cc(Cl)cc2cc(Br)cnc12. The molecule has 0 radical (unpaired) electrons. The van der Waals surface area contributed by atoms with E-state index in [9.17, 15) is 0 Å². The summed E-state index contributed by atoms with van der Waals surface area (Å²) in [6.45, 7) is 0. The molecule has 2 rings (SSSR count). The molecule has 0 bridgehead atoms. The van der Waals surface area contributed by atoms with E-state index >= 15 is 0 Å². The molecule has 0 spiro atoms. The fourth-order valence-corrected chi connectivity index (χ4v) is 1.85. The van der Waals surface area contributed by atoms with Gasteiger partial charge in [0.25, 0.3) is 0 Å². The summed E-state index contributed by atoms with van der Waals surface area (Å²) in [5.74, 6) is 0. The molecule has 0 unspecified atom stereocenters. The summed E-state index contributed by atoms with van der Waals surface area (Å²) >= 11 is 9.18. The quantitative estimate of drug-likeness (QED) is 0.732. The zero-order valence-corrected chi connectivity index (χ0v) is 9.30. The van der Waals surface area contributed by atoms with Gasteiger partial charge in [0.1, 0.15) is 6.07 Å². The van der Waals surface area contributed by atoms with E-state index in [0.29, 0.717) is 16.1 Å². The predicted molar refractivity (Wildman–Crippen MR) is 59.2 cm³/mol. The highest BCUT2D eigenvalue weighted by Gasteiger charge is 2.04. The van der Waals surface area contributed by atoms with Crippen molar-refractivity contribution in [2.75, 3.05) is 0 Å². The smallest absolute Gasteiger partial charge is 0.101 e. The van der Waals surface area contributed by atoms with Gasteiger partial charge < -0.3 is 0 Å². The third-order valence-corrected chi connectivity index (χ3v) is 2.49. The molecule has 2 aromatic rings. The van der Waals surface area contributed by atoms with Crippen LogP contribution in [-0.4, -0.2) is 4.98 Å². The van der Waals surface area contributed by atoms with E-state index in [4.69, 9.17) is 16.9 Å². The number of hydrogen-bond donors (Lipinski definition) is 0. The Bertz CT molecular complexity index is 540. The van der Waals surface area contributed by atoms with Crippen molar-refractivity contribution >= 4 is 38.4 Å². The zero-order valence-electron chi connectivity index (χ0n) is 6.96. The molecule has 0 fully saturated rings. The lowest BCUT2D eigenvalue weighted by Gasteiger charge is -2.00. The van der Waals surface area contributed by atoms with E-state index in [1.165, 1.54) is 0 Å². The van der Waals surface area contributed by atoms with Crippen molar-refractivity contribution in [3.8, 4) is 6.07 Å². The molecular formula is C10H4BrClN2. The lowest BCUT2D eigenvalue weighted by atomic mass is 10.1. The second kappa shape index (κ2) is 3.56. The summed E-state index contributed by atoms with van der Waals surface area (Å²) in [4.78, 5) is 4.16. The van der Waals surface area contributed by atoms with E-state index in [0.717, 1.165) is 9.86 Å². The average Bonchev–Trinajstić information content (AvgIpc) is 2.15. The third kappa shape index (κ3) is 1.59. The summed E-state index contributed by atoms with van der Waals surface area (Å²) < 4.78 is 0.871. The molecule has 0 aliphatic carbocycles. The van der Waals surface area contributed by atoms with Crippen molar-refractivity contribution in [3.05, 3.63) is 39.5 Å². The molecule has 0 saturated heterocycles. The van der Waals surface area contributed by atoms with Crippen LogP contribution in [0, 0.1) is 11.3 Å². The number of nitrogens with zero attached hydrogens (tertiary/aromatic N) is 2. The fraction of sp³-hybridized carbons (Fsp3) is 0. The van der Waals surface area contributed by atoms with E-state index in [1.807, 2.05) is 6.07 Å². The molecule has 1 aromatic heterocycles. The first-order valence-corrected chi connectivity index (χ1v) is 5.03. The lowest BCUT2D eigenvalue weighted by Crippen LogP contribution is -1.84. The van der Waals surface area contributed by atoms with E-state index in [-0.39, 0.29) is 0 Å². The predicted octanol–water partition coefficient (Wildman–Crippen LogP) is 3.52. The maximum atomic E-state index is 8.87. The van der Waals surface area contributed by atoms with Crippen molar-refractivity contribution in [2.45, 2.75) is 0 Å². The summed E-state index contributed by atoms with van der Waals surface area (Å²) in [7, 11) is 0. The number of fused-ring (bicyclic) bond motifs is 1. The number of rotatable bonds is 0. The fourth-order valence-electron chi connectivity index (χ4n) is 1.27. The van der Waals surface area contributed by atoms with Crippen LogP contribution in [-0.2, 0) is 0 Å². The molecule has 1 heterocycles. The molecule has 0 atom stereocenters. The first kappa shape index (κ1) is 9.45. The van der Waals surface area contributed by atoms with Crippen molar-refractivity contribution in [3.63, 3.8) is 0 Å². The highest BCUT2D eigenvalue weighted by Crippen LogP contribution is 2.24. The van der Waals surface area contributed by atoms with Gasteiger partial charge in [-0.2, -0.15) is 5.26 Å². The van der Waals surface area contributed by atoms with Gasteiger partial charge in [0.15, 0.2) is 0 Å². The van der Waals surface area contributed by atoms with Crippen LogP contribution in [0.15, 0.2) is 28.9 Å². The van der Waals surface area contributed by atoms with Gasteiger partial charge in [0.2, 0.25) is 0 Å². The Kier molecular flexibility index (Phi) is 2.40. The average molecular weight is 268 g/mol. The number of nitriles is 1. The van der Waals surface area contributed by atoms with Crippen LogP contribution in [0.1, 0.15) is 5.56 Å². The Labute approximate surface area is 94.3 Å². The Balaban J connectivity index is 2.89. The largest absolute Gasteiger partial charge is 0.254 e. The van der Waals surface area contributed by atoms with E-state index in [1.54, 1.807) is 18.3 Å². The molecule has 14 heavy (non-hydrogen) atoms. The number of pyridine rings is 1. The van der Waals surface area contributed by atoms with Gasteiger partial charge in [-0.1, -0.05) is 11.6 Å². The monoisotopic (exact) mass is 266 g/mol. The minimum absolute atomic E-state index is 0.500. The van der Waals surface area contributed by atoms with Crippen LogP contribution < -0.4 is 0 Å². The number of hydrogen-bond acceptors (Lipinski definition) is 2. The molecule has 0 saturated carbocycles. The summed E-state index contributed by atoms with van der Waals surface area (Å²) in [6, 6.07) is 7.36. The first-order valence-electron chi connectivity index (χ1n) is 3.85. The Morgan fingerprint density at radius 3 is 2.86 bits per heavy atom. The topological polar surface area (TPSA) is 36.7 Å².